The Morgan fingerprint density at radius 3 is 1.55 bits per heavy atom. The fraction of sp³-hybridized carbons (Fsp3) is 0.0159. The summed E-state index contributed by atoms with van der Waals surface area (Å²) in [6.07, 6.45) is 6.25. The van der Waals surface area contributed by atoms with Gasteiger partial charge in [-0.2, -0.15) is 0 Å². The molecular weight excluding hydrogens is 789 g/mol. The molecule has 0 aliphatic rings. The Morgan fingerprint density at radius 2 is 0.875 bits per heavy atom. The molecule has 0 atom stereocenters. The molecule has 1 heterocycles. The topological polar surface area (TPSA) is 0 Å². The molecule has 0 unspecified atom stereocenters. The maximum atomic E-state index is 4.11. The Bertz CT molecular complexity index is 3780. The first-order valence-electron chi connectivity index (χ1n) is 22.0. The fourth-order valence-electron chi connectivity index (χ4n) is 10.5. The van der Waals surface area contributed by atoms with Gasteiger partial charge in [-0.25, -0.2) is 0 Å². The van der Waals surface area contributed by atoms with E-state index >= 15 is 0 Å². The molecule has 12 rings (SSSR count). The number of rotatable bonds is 7. The van der Waals surface area contributed by atoms with E-state index in [1.165, 1.54) is 130 Å². The molecule has 1 heteroatoms. The summed E-state index contributed by atoms with van der Waals surface area (Å²) in [4.78, 5) is 0. The zero-order chi connectivity index (χ0) is 42.7. The number of thiophene rings is 1. The molecule has 300 valence electrons. The van der Waals surface area contributed by atoms with Gasteiger partial charge in [0.05, 0.1) is 0 Å². The highest BCUT2D eigenvalue weighted by Crippen LogP contribution is 2.49. The van der Waals surface area contributed by atoms with E-state index in [4.69, 9.17) is 0 Å². The van der Waals surface area contributed by atoms with Crippen molar-refractivity contribution in [1.29, 1.82) is 0 Å². The van der Waals surface area contributed by atoms with Crippen LogP contribution in [0.2, 0.25) is 0 Å². The Balaban J connectivity index is 1.08. The summed E-state index contributed by atoms with van der Waals surface area (Å²) in [5.74, 6) is 0. The Labute approximate surface area is 377 Å². The molecular formula is C63H42S. The van der Waals surface area contributed by atoms with Gasteiger partial charge in [-0.3, -0.25) is 0 Å². The van der Waals surface area contributed by atoms with Crippen LogP contribution in [-0.2, 0) is 0 Å². The summed E-state index contributed by atoms with van der Waals surface area (Å²) in [5.41, 5.74) is 14.9. The monoisotopic (exact) mass is 830 g/mol. The molecule has 0 amide bonds. The Morgan fingerprint density at radius 1 is 0.375 bits per heavy atom. The van der Waals surface area contributed by atoms with Crippen LogP contribution in [0.5, 0.6) is 0 Å². The van der Waals surface area contributed by atoms with Crippen molar-refractivity contribution in [3.63, 3.8) is 0 Å². The molecule has 0 fully saturated rings. The van der Waals surface area contributed by atoms with Gasteiger partial charge in [-0.05, 0) is 135 Å². The second-order valence-electron chi connectivity index (χ2n) is 16.7. The number of hydrogen-bond donors (Lipinski definition) is 0. The van der Waals surface area contributed by atoms with Crippen LogP contribution in [0, 0.1) is 6.92 Å². The average molecular weight is 831 g/mol. The van der Waals surface area contributed by atoms with Gasteiger partial charge in [-0.15, -0.1) is 11.3 Å². The van der Waals surface area contributed by atoms with Crippen LogP contribution in [0.15, 0.2) is 225 Å². The minimum absolute atomic E-state index is 1.21. The van der Waals surface area contributed by atoms with Crippen molar-refractivity contribution in [2.75, 3.05) is 0 Å². The van der Waals surface area contributed by atoms with E-state index < -0.39 is 0 Å². The Hall–Kier alpha value is -7.84. The predicted octanol–water partition coefficient (Wildman–Crippen LogP) is 18.5. The molecule has 64 heavy (non-hydrogen) atoms. The van der Waals surface area contributed by atoms with Crippen LogP contribution in [0.4, 0.5) is 0 Å². The van der Waals surface area contributed by atoms with Crippen molar-refractivity contribution in [3.05, 3.63) is 236 Å². The molecule has 1 aromatic heterocycles. The minimum atomic E-state index is 1.21. The molecule has 0 N–H and O–H groups in total. The molecule has 11 aromatic carbocycles. The van der Waals surface area contributed by atoms with Crippen LogP contribution in [0.25, 0.3) is 125 Å². The summed E-state index contributed by atoms with van der Waals surface area (Å²) in [5, 5.41) is 12.6. The first-order chi connectivity index (χ1) is 31.7. The third kappa shape index (κ3) is 6.04. The lowest BCUT2D eigenvalue weighted by atomic mass is 9.82. The van der Waals surface area contributed by atoms with E-state index in [9.17, 15) is 0 Å². The zero-order valence-corrected chi connectivity index (χ0v) is 36.3. The van der Waals surface area contributed by atoms with E-state index in [2.05, 4.69) is 232 Å². The molecule has 0 nitrogen and oxygen atoms in total. The lowest BCUT2D eigenvalue weighted by molar-refractivity contribution is 1.46. The third-order valence-corrected chi connectivity index (χ3v) is 14.4. The van der Waals surface area contributed by atoms with E-state index in [1.807, 2.05) is 17.4 Å². The molecule has 0 saturated heterocycles. The van der Waals surface area contributed by atoms with Crippen molar-refractivity contribution < 1.29 is 0 Å². The summed E-state index contributed by atoms with van der Waals surface area (Å²) >= 11 is 1.88. The van der Waals surface area contributed by atoms with Crippen LogP contribution in [-0.4, -0.2) is 0 Å². The zero-order valence-electron chi connectivity index (χ0n) is 35.5. The fourth-order valence-corrected chi connectivity index (χ4v) is 11.6. The largest absolute Gasteiger partial charge is 0.135 e. The van der Waals surface area contributed by atoms with E-state index in [0.717, 1.165) is 0 Å². The van der Waals surface area contributed by atoms with Crippen LogP contribution in [0.3, 0.4) is 0 Å². The van der Waals surface area contributed by atoms with Gasteiger partial charge in [0.15, 0.2) is 0 Å². The minimum Gasteiger partial charge on any atom is -0.135 e. The van der Waals surface area contributed by atoms with E-state index in [1.54, 1.807) is 0 Å². The van der Waals surface area contributed by atoms with Gasteiger partial charge in [0.25, 0.3) is 0 Å². The predicted molar refractivity (Wildman–Crippen MR) is 281 cm³/mol. The normalized spacial score (nSPS) is 11.8. The summed E-state index contributed by atoms with van der Waals surface area (Å²) < 4.78 is 2.57. The van der Waals surface area contributed by atoms with Crippen molar-refractivity contribution in [2.24, 2.45) is 0 Å². The van der Waals surface area contributed by atoms with Gasteiger partial charge >= 0.3 is 0 Å². The molecule has 0 aliphatic carbocycles. The molecule has 0 saturated carbocycles. The summed E-state index contributed by atoms with van der Waals surface area (Å²) in [6.45, 7) is 6.41. The van der Waals surface area contributed by atoms with Crippen molar-refractivity contribution in [2.45, 2.75) is 6.92 Å². The molecule has 0 aliphatic heterocycles. The smallest absolute Gasteiger partial charge is 0.0361 e. The molecule has 0 spiro atoms. The quantitative estimate of drug-likeness (QED) is 0.111. The molecule has 0 bridgehead atoms. The van der Waals surface area contributed by atoms with Gasteiger partial charge in [0, 0.05) is 20.2 Å². The lowest BCUT2D eigenvalue weighted by Crippen LogP contribution is -1.96. The first kappa shape index (κ1) is 37.9. The third-order valence-electron chi connectivity index (χ3n) is 13.2. The maximum Gasteiger partial charge on any atom is 0.0361 e. The van der Waals surface area contributed by atoms with E-state index in [0.29, 0.717) is 0 Å². The second-order valence-corrected chi connectivity index (χ2v) is 17.8. The van der Waals surface area contributed by atoms with Crippen LogP contribution < -0.4 is 0 Å². The van der Waals surface area contributed by atoms with Crippen molar-refractivity contribution in [1.82, 2.24) is 0 Å². The highest BCUT2D eigenvalue weighted by molar-refractivity contribution is 7.26. The standard InChI is InChI=1S/C63H42S/c1-3-4-22-46-40(2)59(44-35-33-42(34-36-44)48-30-16-21-41-18-8-9-23-47(41)48)49-24-10-15-29-54(49)62(46)55-31-17-32-58-63(55)56-39-45(37-38-57(56)64-58)61-52-27-13-11-25-50(52)60(43-19-6-5-7-20-43)51-26-12-14-28-53(51)61/h3-39H,1H2,2H3/b22-4-. The summed E-state index contributed by atoms with van der Waals surface area (Å²) in [7, 11) is 0. The maximum absolute atomic E-state index is 4.11. The number of hydrogen-bond acceptors (Lipinski definition) is 1. The van der Waals surface area contributed by atoms with Gasteiger partial charge in [-0.1, -0.05) is 213 Å². The number of fused-ring (bicyclic) bond motifs is 7. The van der Waals surface area contributed by atoms with Crippen molar-refractivity contribution >= 4 is 80.7 Å². The van der Waals surface area contributed by atoms with Crippen molar-refractivity contribution in [3.8, 4) is 55.6 Å². The molecule has 12 aromatic rings. The van der Waals surface area contributed by atoms with Gasteiger partial charge < -0.3 is 0 Å². The van der Waals surface area contributed by atoms with Crippen LogP contribution in [0.1, 0.15) is 11.1 Å². The number of benzene rings is 11. The van der Waals surface area contributed by atoms with Gasteiger partial charge in [0.1, 0.15) is 0 Å². The number of allylic oxidation sites excluding steroid dienone is 2. The molecule has 0 radical (unpaired) electrons. The highest BCUT2D eigenvalue weighted by atomic mass is 32.1. The van der Waals surface area contributed by atoms with E-state index in [-0.39, 0.29) is 0 Å². The first-order valence-corrected chi connectivity index (χ1v) is 22.9. The Kier molecular flexibility index (Phi) is 9.18. The van der Waals surface area contributed by atoms with Gasteiger partial charge in [0.2, 0.25) is 0 Å². The average Bonchev–Trinajstić information content (AvgIpc) is 3.73. The lowest BCUT2D eigenvalue weighted by Gasteiger charge is -2.21. The SMILES string of the molecule is C=C/C=C\c1c(C)c(-c2ccc(-c3cccc4ccccc34)cc2)c2ccccc2c1-c1cccc2sc3ccc(-c4c5ccccc5c(-c5ccccc5)c5ccccc45)cc3c12. The summed E-state index contributed by atoms with van der Waals surface area (Å²) in [6, 6.07) is 76.2. The highest BCUT2D eigenvalue weighted by Gasteiger charge is 2.22. The second kappa shape index (κ2) is 15.5. The van der Waals surface area contributed by atoms with Crippen LogP contribution >= 0.6 is 11.3 Å².